The molecular formula is C14H24N4O. The fourth-order valence-electron chi connectivity index (χ4n) is 2.71. The highest BCUT2D eigenvalue weighted by molar-refractivity contribution is 5.83. The summed E-state index contributed by atoms with van der Waals surface area (Å²) in [4.78, 5) is 14.0. The number of likely N-dealkylation sites (tertiary alicyclic amines) is 1. The Bertz CT molecular complexity index is 441. The predicted molar refractivity (Wildman–Crippen MR) is 75.0 cm³/mol. The van der Waals surface area contributed by atoms with Crippen LogP contribution in [0.1, 0.15) is 31.2 Å². The van der Waals surface area contributed by atoms with Crippen molar-refractivity contribution in [3.63, 3.8) is 0 Å². The highest BCUT2D eigenvalue weighted by Gasteiger charge is 2.30. The summed E-state index contributed by atoms with van der Waals surface area (Å²) in [5.41, 5.74) is 2.25. The van der Waals surface area contributed by atoms with Crippen LogP contribution in [0.3, 0.4) is 0 Å². The lowest BCUT2D eigenvalue weighted by molar-refractivity contribution is -0.129. The van der Waals surface area contributed by atoms with Gasteiger partial charge in [0.25, 0.3) is 0 Å². The van der Waals surface area contributed by atoms with Gasteiger partial charge in [-0.3, -0.25) is 9.48 Å². The number of nitrogens with one attached hydrogen (secondary N) is 1. The Morgan fingerprint density at radius 3 is 2.84 bits per heavy atom. The molecule has 0 aromatic carbocycles. The van der Waals surface area contributed by atoms with Crippen molar-refractivity contribution in [1.29, 1.82) is 0 Å². The fraction of sp³-hybridized carbons (Fsp3) is 0.714. The van der Waals surface area contributed by atoms with E-state index in [0.29, 0.717) is 0 Å². The molecule has 19 heavy (non-hydrogen) atoms. The van der Waals surface area contributed by atoms with Gasteiger partial charge in [0.15, 0.2) is 0 Å². The minimum absolute atomic E-state index is 0.0404. The van der Waals surface area contributed by atoms with Crippen LogP contribution in [-0.4, -0.2) is 46.3 Å². The highest BCUT2D eigenvalue weighted by atomic mass is 16.2. The standard InChI is InChI=1S/C14H24N4O/c1-4-15-13-6-9-17(14(13)19)7-5-8-18-12(3)10-11(2)16-18/h10,13,15H,4-9H2,1-3H3. The highest BCUT2D eigenvalue weighted by Crippen LogP contribution is 2.12. The zero-order valence-electron chi connectivity index (χ0n) is 12.1. The summed E-state index contributed by atoms with van der Waals surface area (Å²) >= 11 is 0. The van der Waals surface area contributed by atoms with Crippen molar-refractivity contribution in [2.45, 2.75) is 46.2 Å². The molecule has 0 bridgehead atoms. The Balaban J connectivity index is 1.77. The van der Waals surface area contributed by atoms with Crippen LogP contribution in [0.25, 0.3) is 0 Å². The lowest BCUT2D eigenvalue weighted by Crippen LogP contribution is -2.38. The number of carbonyl (C=O) groups is 1. The van der Waals surface area contributed by atoms with Gasteiger partial charge in [-0.1, -0.05) is 6.92 Å². The molecule has 5 heteroatoms. The number of likely N-dealkylation sites (N-methyl/N-ethyl adjacent to an activating group) is 1. The Hall–Kier alpha value is -1.36. The zero-order chi connectivity index (χ0) is 13.8. The third-order valence-electron chi connectivity index (χ3n) is 3.65. The maximum atomic E-state index is 12.0. The molecule has 0 spiro atoms. The number of hydrogen-bond donors (Lipinski definition) is 1. The van der Waals surface area contributed by atoms with Gasteiger partial charge in [-0.25, -0.2) is 0 Å². The maximum absolute atomic E-state index is 12.0. The van der Waals surface area contributed by atoms with E-state index >= 15 is 0 Å². The maximum Gasteiger partial charge on any atom is 0.239 e. The number of aromatic nitrogens is 2. The average molecular weight is 264 g/mol. The van der Waals surface area contributed by atoms with E-state index in [2.05, 4.69) is 23.4 Å². The molecule has 1 atom stereocenters. The Kier molecular flexibility index (Phi) is 4.58. The van der Waals surface area contributed by atoms with Gasteiger partial charge in [-0.2, -0.15) is 5.10 Å². The first-order valence-electron chi connectivity index (χ1n) is 7.15. The van der Waals surface area contributed by atoms with Crippen molar-refractivity contribution < 1.29 is 4.79 Å². The first-order valence-corrected chi connectivity index (χ1v) is 7.15. The van der Waals surface area contributed by atoms with Crippen LogP contribution in [0.2, 0.25) is 0 Å². The summed E-state index contributed by atoms with van der Waals surface area (Å²) in [6.07, 6.45) is 1.90. The van der Waals surface area contributed by atoms with Gasteiger partial charge in [0, 0.05) is 25.3 Å². The molecule has 106 valence electrons. The minimum atomic E-state index is 0.0404. The number of nitrogens with zero attached hydrogens (tertiary/aromatic N) is 3. The van der Waals surface area contributed by atoms with Crippen molar-refractivity contribution in [3.8, 4) is 0 Å². The topological polar surface area (TPSA) is 50.2 Å². The zero-order valence-corrected chi connectivity index (χ0v) is 12.1. The first kappa shape index (κ1) is 14.1. The van der Waals surface area contributed by atoms with Crippen LogP contribution in [0.5, 0.6) is 0 Å². The number of amides is 1. The fourth-order valence-corrected chi connectivity index (χ4v) is 2.71. The Labute approximate surface area is 115 Å². The van der Waals surface area contributed by atoms with Crippen LogP contribution < -0.4 is 5.32 Å². The number of carbonyl (C=O) groups excluding carboxylic acids is 1. The molecule has 1 aliphatic rings. The third kappa shape index (κ3) is 3.35. The van der Waals surface area contributed by atoms with E-state index in [9.17, 15) is 4.79 Å². The van der Waals surface area contributed by atoms with E-state index < -0.39 is 0 Å². The Morgan fingerprint density at radius 2 is 2.21 bits per heavy atom. The number of rotatable bonds is 6. The summed E-state index contributed by atoms with van der Waals surface area (Å²) in [7, 11) is 0. The van der Waals surface area contributed by atoms with E-state index in [1.54, 1.807) is 0 Å². The summed E-state index contributed by atoms with van der Waals surface area (Å²) in [6, 6.07) is 2.13. The van der Waals surface area contributed by atoms with E-state index in [-0.39, 0.29) is 11.9 Å². The molecule has 0 saturated carbocycles. The Morgan fingerprint density at radius 1 is 1.42 bits per heavy atom. The summed E-state index contributed by atoms with van der Waals surface area (Å²) in [5.74, 6) is 0.259. The molecule has 0 aliphatic carbocycles. The van der Waals surface area contributed by atoms with Crippen LogP contribution in [0.4, 0.5) is 0 Å². The van der Waals surface area contributed by atoms with E-state index in [1.807, 2.05) is 23.4 Å². The minimum Gasteiger partial charge on any atom is -0.341 e. The van der Waals surface area contributed by atoms with Crippen LogP contribution >= 0.6 is 0 Å². The largest absolute Gasteiger partial charge is 0.341 e. The SMILES string of the molecule is CCNC1CCN(CCCn2nc(C)cc2C)C1=O. The lowest BCUT2D eigenvalue weighted by atomic mass is 10.2. The molecule has 0 radical (unpaired) electrons. The lowest BCUT2D eigenvalue weighted by Gasteiger charge is -2.17. The second-order valence-corrected chi connectivity index (χ2v) is 5.23. The van der Waals surface area contributed by atoms with Gasteiger partial charge in [-0.05, 0) is 39.3 Å². The van der Waals surface area contributed by atoms with Crippen molar-refractivity contribution >= 4 is 5.91 Å². The summed E-state index contributed by atoms with van der Waals surface area (Å²) in [5, 5.41) is 7.67. The van der Waals surface area contributed by atoms with Crippen molar-refractivity contribution in [1.82, 2.24) is 20.0 Å². The normalized spacial score (nSPS) is 19.4. The van der Waals surface area contributed by atoms with Gasteiger partial charge in [-0.15, -0.1) is 0 Å². The molecule has 1 amide bonds. The van der Waals surface area contributed by atoms with Crippen LogP contribution in [-0.2, 0) is 11.3 Å². The first-order chi connectivity index (χ1) is 9.11. The molecule has 1 aliphatic heterocycles. The molecule has 5 nitrogen and oxygen atoms in total. The molecule has 1 aromatic rings. The molecule has 1 unspecified atom stereocenters. The van der Waals surface area contributed by atoms with Crippen molar-refractivity contribution in [2.75, 3.05) is 19.6 Å². The third-order valence-corrected chi connectivity index (χ3v) is 3.65. The number of hydrogen-bond acceptors (Lipinski definition) is 3. The predicted octanol–water partition coefficient (Wildman–Crippen LogP) is 1.10. The molecular weight excluding hydrogens is 240 g/mol. The summed E-state index contributed by atoms with van der Waals surface area (Å²) < 4.78 is 2.03. The second kappa shape index (κ2) is 6.19. The van der Waals surface area contributed by atoms with Crippen LogP contribution in [0, 0.1) is 13.8 Å². The molecule has 2 rings (SSSR count). The van der Waals surface area contributed by atoms with E-state index in [1.165, 1.54) is 5.69 Å². The molecule has 1 N–H and O–H groups in total. The second-order valence-electron chi connectivity index (χ2n) is 5.23. The number of aryl methyl sites for hydroxylation is 3. The molecule has 1 saturated heterocycles. The summed E-state index contributed by atoms with van der Waals surface area (Å²) in [6.45, 7) is 9.58. The van der Waals surface area contributed by atoms with E-state index in [0.717, 1.165) is 44.7 Å². The van der Waals surface area contributed by atoms with E-state index in [4.69, 9.17) is 0 Å². The monoisotopic (exact) mass is 264 g/mol. The molecule has 1 aromatic heterocycles. The average Bonchev–Trinajstić information content (AvgIpc) is 2.86. The van der Waals surface area contributed by atoms with Crippen LogP contribution in [0.15, 0.2) is 6.07 Å². The van der Waals surface area contributed by atoms with Gasteiger partial charge in [0.1, 0.15) is 0 Å². The molecule has 1 fully saturated rings. The van der Waals surface area contributed by atoms with Gasteiger partial charge < -0.3 is 10.2 Å². The quantitative estimate of drug-likeness (QED) is 0.837. The van der Waals surface area contributed by atoms with Gasteiger partial charge in [0.05, 0.1) is 11.7 Å². The van der Waals surface area contributed by atoms with Crippen molar-refractivity contribution in [2.24, 2.45) is 0 Å². The molecule has 2 heterocycles. The van der Waals surface area contributed by atoms with Gasteiger partial charge in [0.2, 0.25) is 5.91 Å². The smallest absolute Gasteiger partial charge is 0.239 e. The van der Waals surface area contributed by atoms with Gasteiger partial charge >= 0.3 is 0 Å². The van der Waals surface area contributed by atoms with Crippen molar-refractivity contribution in [3.05, 3.63) is 17.5 Å².